The van der Waals surface area contributed by atoms with Gasteiger partial charge in [-0.15, -0.1) is 0 Å². The second-order valence-electron chi connectivity index (χ2n) is 4.95. The Labute approximate surface area is 126 Å². The summed E-state index contributed by atoms with van der Waals surface area (Å²) >= 11 is 0. The lowest BCUT2D eigenvalue weighted by Gasteiger charge is -2.08. The van der Waals surface area contributed by atoms with Crippen molar-refractivity contribution in [3.05, 3.63) is 77.6 Å². The Hall–Kier alpha value is -2.88. The normalized spacial score (nSPS) is 10.6. The van der Waals surface area contributed by atoms with E-state index in [4.69, 9.17) is 9.84 Å². The van der Waals surface area contributed by atoms with Crippen LogP contribution in [-0.2, 0) is 6.61 Å². The van der Waals surface area contributed by atoms with Gasteiger partial charge in [0.25, 0.3) is 0 Å². The Morgan fingerprint density at radius 2 is 1.77 bits per heavy atom. The van der Waals surface area contributed by atoms with Crippen molar-refractivity contribution in [2.24, 2.45) is 0 Å². The Morgan fingerprint density at radius 1 is 1.00 bits per heavy atom. The number of carboxylic acids is 1. The number of ether oxygens (including phenoxy) is 1. The van der Waals surface area contributed by atoms with Gasteiger partial charge in [0.15, 0.2) is 0 Å². The molecule has 0 aliphatic rings. The average Bonchev–Trinajstić information content (AvgIpc) is 2.52. The molecule has 1 N–H and O–H groups in total. The van der Waals surface area contributed by atoms with E-state index < -0.39 is 11.8 Å². The summed E-state index contributed by atoms with van der Waals surface area (Å²) in [6.45, 7) is 0.108. The van der Waals surface area contributed by atoms with Gasteiger partial charge in [0, 0.05) is 0 Å². The molecule has 22 heavy (non-hydrogen) atoms. The smallest absolute Gasteiger partial charge is 0.335 e. The summed E-state index contributed by atoms with van der Waals surface area (Å²) in [5.74, 6) is -1.09. The molecule has 3 aromatic rings. The first kappa shape index (κ1) is 14.1. The van der Waals surface area contributed by atoms with Crippen LogP contribution in [0.15, 0.2) is 60.7 Å². The third kappa shape index (κ3) is 3.06. The average molecular weight is 296 g/mol. The van der Waals surface area contributed by atoms with E-state index in [0.29, 0.717) is 11.3 Å². The number of hydrogen-bond acceptors (Lipinski definition) is 2. The topological polar surface area (TPSA) is 46.5 Å². The summed E-state index contributed by atoms with van der Waals surface area (Å²) in [5, 5.41) is 11.1. The fourth-order valence-electron chi connectivity index (χ4n) is 2.28. The van der Waals surface area contributed by atoms with Gasteiger partial charge in [-0.05, 0) is 46.7 Å². The van der Waals surface area contributed by atoms with Crippen LogP contribution < -0.4 is 4.74 Å². The van der Waals surface area contributed by atoms with Gasteiger partial charge in [0.1, 0.15) is 18.2 Å². The van der Waals surface area contributed by atoms with Crippen molar-refractivity contribution in [3.63, 3.8) is 0 Å². The predicted octanol–water partition coefficient (Wildman–Crippen LogP) is 4.26. The Morgan fingerprint density at radius 3 is 2.55 bits per heavy atom. The van der Waals surface area contributed by atoms with E-state index in [0.717, 1.165) is 16.8 Å². The molecule has 3 nitrogen and oxygen atoms in total. The number of halogens is 1. The minimum absolute atomic E-state index is 0.0860. The lowest BCUT2D eigenvalue weighted by atomic mass is 10.1. The minimum Gasteiger partial charge on any atom is -0.489 e. The van der Waals surface area contributed by atoms with Gasteiger partial charge in [0.05, 0.1) is 5.56 Å². The van der Waals surface area contributed by atoms with Crippen LogP contribution in [0.3, 0.4) is 0 Å². The summed E-state index contributed by atoms with van der Waals surface area (Å²) in [6.07, 6.45) is 0. The maximum Gasteiger partial charge on any atom is 0.335 e. The molecule has 0 radical (unpaired) electrons. The van der Waals surface area contributed by atoms with E-state index in [2.05, 4.69) is 0 Å². The summed E-state index contributed by atoms with van der Waals surface area (Å²) < 4.78 is 19.0. The van der Waals surface area contributed by atoms with E-state index in [-0.39, 0.29) is 12.2 Å². The summed E-state index contributed by atoms with van der Waals surface area (Å²) in [6, 6.07) is 17.2. The molecule has 0 atom stereocenters. The molecule has 4 heteroatoms. The molecule has 0 aliphatic carbocycles. The second kappa shape index (κ2) is 5.85. The van der Waals surface area contributed by atoms with Crippen molar-refractivity contribution in [2.45, 2.75) is 6.61 Å². The molecule has 3 aromatic carbocycles. The Balaban J connectivity index is 1.80. The van der Waals surface area contributed by atoms with Crippen molar-refractivity contribution < 1.29 is 19.0 Å². The summed E-state index contributed by atoms with van der Waals surface area (Å²) in [4.78, 5) is 10.9. The molecule has 110 valence electrons. The number of carbonyl (C=O) groups is 1. The molecule has 0 saturated heterocycles. The zero-order valence-electron chi connectivity index (χ0n) is 11.6. The first-order valence-electron chi connectivity index (χ1n) is 6.76. The van der Waals surface area contributed by atoms with Crippen molar-refractivity contribution in [3.8, 4) is 5.75 Å². The number of aromatic carboxylic acids is 1. The SMILES string of the molecule is O=C(O)c1cc(F)cc(COc2ccc3ccccc3c2)c1. The van der Waals surface area contributed by atoms with Crippen LogP contribution in [-0.4, -0.2) is 11.1 Å². The fourth-order valence-corrected chi connectivity index (χ4v) is 2.28. The lowest BCUT2D eigenvalue weighted by molar-refractivity contribution is 0.0696. The highest BCUT2D eigenvalue weighted by Gasteiger charge is 2.07. The standard InChI is InChI=1S/C18H13FO3/c19-16-8-12(7-15(9-16)18(20)21)11-22-17-6-5-13-3-1-2-4-14(13)10-17/h1-10H,11H2,(H,20,21). The van der Waals surface area contributed by atoms with Gasteiger partial charge in [-0.25, -0.2) is 9.18 Å². The van der Waals surface area contributed by atoms with Crippen LogP contribution in [0, 0.1) is 5.82 Å². The molecule has 0 aromatic heterocycles. The van der Waals surface area contributed by atoms with Crippen LogP contribution in [0.4, 0.5) is 4.39 Å². The molecule has 3 rings (SSSR count). The second-order valence-corrected chi connectivity index (χ2v) is 4.95. The van der Waals surface area contributed by atoms with Gasteiger partial charge < -0.3 is 9.84 Å². The van der Waals surface area contributed by atoms with Gasteiger partial charge in [-0.1, -0.05) is 30.3 Å². The molecule has 0 heterocycles. The van der Waals surface area contributed by atoms with Gasteiger partial charge >= 0.3 is 5.97 Å². The summed E-state index contributed by atoms with van der Waals surface area (Å²) in [7, 11) is 0. The Kier molecular flexibility index (Phi) is 3.74. The largest absolute Gasteiger partial charge is 0.489 e. The number of benzene rings is 3. The molecule has 0 spiro atoms. The van der Waals surface area contributed by atoms with Crippen LogP contribution in [0.5, 0.6) is 5.75 Å². The van der Waals surface area contributed by atoms with E-state index in [9.17, 15) is 9.18 Å². The third-order valence-corrected chi connectivity index (χ3v) is 3.33. The number of carboxylic acid groups (broad SMARTS) is 1. The first-order valence-corrected chi connectivity index (χ1v) is 6.76. The molecule has 0 bridgehead atoms. The number of hydrogen-bond donors (Lipinski definition) is 1. The molecule has 0 aliphatic heterocycles. The highest BCUT2D eigenvalue weighted by atomic mass is 19.1. The molecule has 0 amide bonds. The van der Waals surface area contributed by atoms with Crippen molar-refractivity contribution in [2.75, 3.05) is 0 Å². The van der Waals surface area contributed by atoms with Gasteiger partial charge in [0.2, 0.25) is 0 Å². The molecule has 0 saturated carbocycles. The molecule has 0 unspecified atom stereocenters. The zero-order valence-corrected chi connectivity index (χ0v) is 11.6. The zero-order chi connectivity index (χ0) is 15.5. The predicted molar refractivity (Wildman–Crippen MR) is 81.6 cm³/mol. The fraction of sp³-hybridized carbons (Fsp3) is 0.0556. The van der Waals surface area contributed by atoms with E-state index in [1.165, 1.54) is 12.1 Å². The molecular weight excluding hydrogens is 283 g/mol. The van der Waals surface area contributed by atoms with Crippen molar-refractivity contribution >= 4 is 16.7 Å². The monoisotopic (exact) mass is 296 g/mol. The highest BCUT2D eigenvalue weighted by Crippen LogP contribution is 2.21. The van der Waals surface area contributed by atoms with Crippen molar-refractivity contribution in [1.82, 2.24) is 0 Å². The van der Waals surface area contributed by atoms with Gasteiger partial charge in [-0.2, -0.15) is 0 Å². The van der Waals surface area contributed by atoms with E-state index in [1.54, 1.807) is 0 Å². The lowest BCUT2D eigenvalue weighted by Crippen LogP contribution is -2.02. The van der Waals surface area contributed by atoms with E-state index >= 15 is 0 Å². The quantitative estimate of drug-likeness (QED) is 0.782. The summed E-state index contributed by atoms with van der Waals surface area (Å²) in [5.41, 5.74) is 0.391. The van der Waals surface area contributed by atoms with Crippen LogP contribution >= 0.6 is 0 Å². The Bertz CT molecular complexity index is 843. The van der Waals surface area contributed by atoms with Crippen LogP contribution in [0.1, 0.15) is 15.9 Å². The third-order valence-electron chi connectivity index (χ3n) is 3.33. The molecular formula is C18H13FO3. The molecule has 0 fully saturated rings. The first-order chi connectivity index (χ1) is 10.6. The maximum absolute atomic E-state index is 13.4. The highest BCUT2D eigenvalue weighted by molar-refractivity contribution is 5.87. The van der Waals surface area contributed by atoms with E-state index in [1.807, 2.05) is 42.5 Å². The number of fused-ring (bicyclic) bond motifs is 1. The van der Waals surface area contributed by atoms with Gasteiger partial charge in [-0.3, -0.25) is 0 Å². The van der Waals surface area contributed by atoms with Crippen LogP contribution in [0.25, 0.3) is 10.8 Å². The minimum atomic E-state index is -1.16. The maximum atomic E-state index is 13.4. The van der Waals surface area contributed by atoms with Crippen molar-refractivity contribution in [1.29, 1.82) is 0 Å². The van der Waals surface area contributed by atoms with Crippen LogP contribution in [0.2, 0.25) is 0 Å². The number of rotatable bonds is 4.